The smallest absolute Gasteiger partial charge is 0.410 e. The highest BCUT2D eigenvalue weighted by molar-refractivity contribution is 5.71. The molecule has 1 aliphatic heterocycles. The van der Waals surface area contributed by atoms with E-state index in [0.29, 0.717) is 24.4 Å². The molecule has 0 saturated carbocycles. The summed E-state index contributed by atoms with van der Waals surface area (Å²) in [4.78, 5) is 24.2. The number of amides is 1. The van der Waals surface area contributed by atoms with Crippen molar-refractivity contribution in [3.63, 3.8) is 0 Å². The van der Waals surface area contributed by atoms with Crippen molar-refractivity contribution < 1.29 is 19.2 Å². The molecule has 1 fully saturated rings. The molecule has 1 aromatic rings. The van der Waals surface area contributed by atoms with Crippen molar-refractivity contribution in [1.29, 1.82) is 5.26 Å². The quantitative estimate of drug-likeness (QED) is 0.615. The molecule has 2 rings (SSSR count). The van der Waals surface area contributed by atoms with Gasteiger partial charge in [-0.1, -0.05) is 6.92 Å². The zero-order valence-electron chi connectivity index (χ0n) is 15.0. The highest BCUT2D eigenvalue weighted by Crippen LogP contribution is 2.42. The van der Waals surface area contributed by atoms with Crippen molar-refractivity contribution in [2.24, 2.45) is 0 Å². The molecule has 134 valence electrons. The number of nitriles is 1. The Morgan fingerprint density at radius 3 is 2.44 bits per heavy atom. The van der Waals surface area contributed by atoms with Crippen LogP contribution in [0.15, 0.2) is 12.1 Å². The summed E-state index contributed by atoms with van der Waals surface area (Å²) in [5.74, 6) is 0.331. The first kappa shape index (κ1) is 18.5. The van der Waals surface area contributed by atoms with Crippen LogP contribution < -0.4 is 4.74 Å². The molecule has 1 aromatic carbocycles. The molecule has 1 saturated heterocycles. The molecule has 0 N–H and O–H groups in total. The Balaban J connectivity index is 2.29. The summed E-state index contributed by atoms with van der Waals surface area (Å²) < 4.78 is 10.6. The van der Waals surface area contributed by atoms with E-state index in [1.807, 2.05) is 13.0 Å². The van der Waals surface area contributed by atoms with E-state index >= 15 is 0 Å². The van der Waals surface area contributed by atoms with Crippen LogP contribution in [0.2, 0.25) is 0 Å². The average molecular weight is 347 g/mol. The van der Waals surface area contributed by atoms with Gasteiger partial charge in [-0.25, -0.2) is 4.79 Å². The first-order valence-electron chi connectivity index (χ1n) is 7.75. The molecule has 1 aliphatic rings. The Kier molecular flexibility index (Phi) is 4.62. The van der Waals surface area contributed by atoms with Crippen LogP contribution in [0, 0.1) is 21.4 Å². The molecule has 0 unspecified atom stereocenters. The van der Waals surface area contributed by atoms with Gasteiger partial charge < -0.3 is 14.4 Å². The highest BCUT2D eigenvalue weighted by Gasteiger charge is 2.46. The van der Waals surface area contributed by atoms with E-state index in [-0.39, 0.29) is 11.3 Å². The zero-order chi connectivity index (χ0) is 19.0. The van der Waals surface area contributed by atoms with Gasteiger partial charge in [0.05, 0.1) is 18.1 Å². The van der Waals surface area contributed by atoms with E-state index in [2.05, 4.69) is 0 Å². The molecule has 1 amide bonds. The molecule has 0 atom stereocenters. The summed E-state index contributed by atoms with van der Waals surface area (Å²) in [5, 5.41) is 20.3. The maximum Gasteiger partial charge on any atom is 0.410 e. The fourth-order valence-corrected chi connectivity index (χ4v) is 2.87. The summed E-state index contributed by atoms with van der Waals surface area (Å²) in [6.45, 7) is 8.05. The fourth-order valence-electron chi connectivity index (χ4n) is 2.87. The average Bonchev–Trinajstić information content (AvgIpc) is 2.48. The normalized spacial score (nSPS) is 15.8. The van der Waals surface area contributed by atoms with Crippen LogP contribution in [-0.2, 0) is 10.2 Å². The lowest BCUT2D eigenvalue weighted by molar-refractivity contribution is -0.385. The van der Waals surface area contributed by atoms with Gasteiger partial charge in [0, 0.05) is 24.1 Å². The minimum absolute atomic E-state index is 0.0299. The number of rotatable bonds is 3. The van der Waals surface area contributed by atoms with Crippen LogP contribution >= 0.6 is 0 Å². The predicted molar refractivity (Wildman–Crippen MR) is 89.5 cm³/mol. The Morgan fingerprint density at radius 2 is 2.00 bits per heavy atom. The van der Waals surface area contributed by atoms with E-state index in [9.17, 15) is 20.2 Å². The minimum atomic E-state index is -0.610. The van der Waals surface area contributed by atoms with E-state index in [1.165, 1.54) is 19.2 Å². The largest absolute Gasteiger partial charge is 0.496 e. The number of hydrogen-bond acceptors (Lipinski definition) is 6. The van der Waals surface area contributed by atoms with E-state index < -0.39 is 22.0 Å². The van der Waals surface area contributed by atoms with Gasteiger partial charge in [0.15, 0.2) is 0 Å². The minimum Gasteiger partial charge on any atom is -0.496 e. The van der Waals surface area contributed by atoms with Crippen LogP contribution in [0.5, 0.6) is 5.75 Å². The molecule has 0 aliphatic carbocycles. The van der Waals surface area contributed by atoms with Crippen molar-refractivity contribution in [2.45, 2.75) is 38.7 Å². The number of nitro benzene ring substituents is 1. The molecule has 8 heteroatoms. The molecule has 25 heavy (non-hydrogen) atoms. The van der Waals surface area contributed by atoms with Gasteiger partial charge in [0.2, 0.25) is 0 Å². The van der Waals surface area contributed by atoms with Gasteiger partial charge in [-0.3, -0.25) is 10.1 Å². The standard InChI is InChI=1S/C17H21N3O5/c1-16(2,3)25-15(21)19-9-17(4,10-19)12-6-11(8-18)13(20(22)23)7-14(12)24-5/h6-7H,9-10H2,1-5H3. The zero-order valence-corrected chi connectivity index (χ0v) is 15.0. The molecule has 0 aromatic heterocycles. The van der Waals surface area contributed by atoms with Gasteiger partial charge >= 0.3 is 6.09 Å². The maximum absolute atomic E-state index is 12.1. The third-order valence-corrected chi connectivity index (χ3v) is 4.02. The highest BCUT2D eigenvalue weighted by atomic mass is 16.6. The Morgan fingerprint density at radius 1 is 1.40 bits per heavy atom. The predicted octanol–water partition coefficient (Wildman–Crippen LogP) is 2.98. The second-order valence-electron chi connectivity index (χ2n) is 7.34. The molecule has 0 bridgehead atoms. The SMILES string of the molecule is COc1cc([N+](=O)[O-])c(C#N)cc1C1(C)CN(C(=O)OC(C)(C)C)C1. The van der Waals surface area contributed by atoms with Gasteiger partial charge in [0.1, 0.15) is 23.0 Å². The monoisotopic (exact) mass is 347 g/mol. The van der Waals surface area contributed by atoms with E-state index in [0.717, 1.165) is 0 Å². The van der Waals surface area contributed by atoms with Gasteiger partial charge in [-0.15, -0.1) is 0 Å². The van der Waals surface area contributed by atoms with E-state index in [1.54, 1.807) is 25.7 Å². The van der Waals surface area contributed by atoms with Crippen LogP contribution in [0.25, 0.3) is 0 Å². The van der Waals surface area contributed by atoms with Crippen molar-refractivity contribution in [2.75, 3.05) is 20.2 Å². The number of likely N-dealkylation sites (tertiary alicyclic amines) is 1. The molecular formula is C17H21N3O5. The number of carbonyl (C=O) groups is 1. The summed E-state index contributed by atoms with van der Waals surface area (Å²) in [6, 6.07) is 4.59. The van der Waals surface area contributed by atoms with Crippen molar-refractivity contribution in [3.8, 4) is 11.8 Å². The lowest BCUT2D eigenvalue weighted by Crippen LogP contribution is -2.60. The first-order valence-corrected chi connectivity index (χ1v) is 7.75. The number of methoxy groups -OCH3 is 1. The number of carbonyl (C=O) groups excluding carboxylic acids is 1. The van der Waals surface area contributed by atoms with Crippen molar-refractivity contribution in [1.82, 2.24) is 4.90 Å². The van der Waals surface area contributed by atoms with Gasteiger partial charge in [-0.2, -0.15) is 5.26 Å². The molecule has 0 radical (unpaired) electrons. The van der Waals surface area contributed by atoms with Crippen LogP contribution in [0.4, 0.5) is 10.5 Å². The molecule has 0 spiro atoms. The molecule has 1 heterocycles. The Labute approximate surface area is 146 Å². The second kappa shape index (κ2) is 6.24. The third-order valence-electron chi connectivity index (χ3n) is 4.02. The lowest BCUT2D eigenvalue weighted by atomic mass is 9.74. The Bertz CT molecular complexity index is 755. The van der Waals surface area contributed by atoms with Gasteiger partial charge in [-0.05, 0) is 26.8 Å². The van der Waals surface area contributed by atoms with E-state index in [4.69, 9.17) is 9.47 Å². The summed E-state index contributed by atoms with van der Waals surface area (Å²) >= 11 is 0. The third kappa shape index (κ3) is 3.65. The maximum atomic E-state index is 12.1. The van der Waals surface area contributed by atoms with Crippen LogP contribution in [0.3, 0.4) is 0 Å². The summed E-state index contributed by atoms with van der Waals surface area (Å²) in [5.41, 5.74) is -0.713. The van der Waals surface area contributed by atoms with Crippen LogP contribution in [0.1, 0.15) is 38.8 Å². The van der Waals surface area contributed by atoms with Gasteiger partial charge in [0.25, 0.3) is 5.69 Å². The first-order chi connectivity index (χ1) is 11.5. The number of hydrogen-bond donors (Lipinski definition) is 0. The second-order valence-corrected chi connectivity index (χ2v) is 7.34. The van der Waals surface area contributed by atoms with Crippen molar-refractivity contribution in [3.05, 3.63) is 33.4 Å². The molecular weight excluding hydrogens is 326 g/mol. The number of nitrogens with zero attached hydrogens (tertiary/aromatic N) is 3. The summed E-state index contributed by atoms with van der Waals surface area (Å²) in [6.07, 6.45) is -0.411. The number of nitro groups is 1. The summed E-state index contributed by atoms with van der Waals surface area (Å²) in [7, 11) is 1.42. The topological polar surface area (TPSA) is 106 Å². The van der Waals surface area contributed by atoms with Crippen molar-refractivity contribution >= 4 is 11.8 Å². The number of benzene rings is 1. The Hall–Kier alpha value is -2.82. The van der Waals surface area contributed by atoms with Crippen LogP contribution in [-0.4, -0.2) is 41.7 Å². The number of ether oxygens (including phenoxy) is 2. The fraction of sp³-hybridized carbons (Fsp3) is 0.529. The lowest BCUT2D eigenvalue weighted by Gasteiger charge is -2.48. The molecule has 8 nitrogen and oxygen atoms in total.